The van der Waals surface area contributed by atoms with Gasteiger partial charge in [0.15, 0.2) is 5.16 Å². The zero-order valence-electron chi connectivity index (χ0n) is 17.4. The number of rotatable bonds is 8. The van der Waals surface area contributed by atoms with Crippen LogP contribution in [-0.4, -0.2) is 20.7 Å². The fourth-order valence-electron chi connectivity index (χ4n) is 3.78. The van der Waals surface area contributed by atoms with E-state index in [0.29, 0.717) is 34.7 Å². The zero-order chi connectivity index (χ0) is 22.1. The molecule has 9 heteroatoms. The molecule has 0 spiro atoms. The highest BCUT2D eigenvalue weighted by atomic mass is 32.2. The standard InChI is InChI=1S/C23H23FN4O3S/c24-18-10-16-12-30-22(15-4-2-1-3-5-15)31-20(16)17(11-18)13-32-23-27-26-21(14-6-7-14)28(23)9-8-19(25)29/h1-5,10-11,14,22H,6-9,12-13H2,(H2,25,29)/t22-/m0/s1. The highest BCUT2D eigenvalue weighted by Crippen LogP contribution is 2.42. The highest BCUT2D eigenvalue weighted by Gasteiger charge is 2.31. The molecule has 1 aliphatic carbocycles. The number of carbonyl (C=O) groups is 1. The number of carbonyl (C=O) groups excluding carboxylic acids is 1. The van der Waals surface area contributed by atoms with Crippen LogP contribution in [0.4, 0.5) is 4.39 Å². The molecule has 1 aromatic heterocycles. The predicted molar refractivity (Wildman–Crippen MR) is 116 cm³/mol. The summed E-state index contributed by atoms with van der Waals surface area (Å²) in [6.45, 7) is 0.711. The van der Waals surface area contributed by atoms with Gasteiger partial charge >= 0.3 is 0 Å². The van der Waals surface area contributed by atoms with E-state index in [9.17, 15) is 9.18 Å². The molecule has 32 heavy (non-hydrogen) atoms. The van der Waals surface area contributed by atoms with Gasteiger partial charge in [0.05, 0.1) is 6.61 Å². The number of nitrogens with zero attached hydrogens (tertiary/aromatic N) is 3. The number of benzene rings is 2. The van der Waals surface area contributed by atoms with Crippen molar-refractivity contribution in [2.45, 2.75) is 55.5 Å². The Morgan fingerprint density at radius 2 is 2.03 bits per heavy atom. The minimum absolute atomic E-state index is 0.222. The Kier molecular flexibility index (Phi) is 5.84. The molecule has 2 heterocycles. The number of hydrogen-bond acceptors (Lipinski definition) is 6. The van der Waals surface area contributed by atoms with Crippen molar-refractivity contribution >= 4 is 17.7 Å². The molecule has 1 saturated carbocycles. The number of fused-ring (bicyclic) bond motifs is 1. The summed E-state index contributed by atoms with van der Waals surface area (Å²) in [5, 5.41) is 9.36. The van der Waals surface area contributed by atoms with E-state index in [0.717, 1.165) is 29.8 Å². The summed E-state index contributed by atoms with van der Waals surface area (Å²) in [4.78, 5) is 11.3. The Morgan fingerprint density at radius 1 is 1.22 bits per heavy atom. The summed E-state index contributed by atoms with van der Waals surface area (Å²) in [5.74, 6) is 1.67. The quantitative estimate of drug-likeness (QED) is 0.516. The first-order valence-corrected chi connectivity index (χ1v) is 11.6. The first-order valence-electron chi connectivity index (χ1n) is 10.6. The van der Waals surface area contributed by atoms with Gasteiger partial charge in [-0.05, 0) is 25.0 Å². The van der Waals surface area contributed by atoms with Crippen molar-refractivity contribution in [3.05, 3.63) is 70.8 Å². The first-order chi connectivity index (χ1) is 15.6. The van der Waals surface area contributed by atoms with Crippen LogP contribution in [0.25, 0.3) is 0 Å². The molecular formula is C23H23FN4O3S. The molecule has 7 nitrogen and oxygen atoms in total. The third kappa shape index (κ3) is 4.49. The number of ether oxygens (including phenoxy) is 2. The van der Waals surface area contributed by atoms with Crippen LogP contribution in [0.15, 0.2) is 47.6 Å². The van der Waals surface area contributed by atoms with Crippen molar-refractivity contribution in [1.82, 2.24) is 14.8 Å². The lowest BCUT2D eigenvalue weighted by Crippen LogP contribution is -2.19. The second-order valence-corrected chi connectivity index (χ2v) is 8.94. The highest BCUT2D eigenvalue weighted by molar-refractivity contribution is 7.98. The lowest BCUT2D eigenvalue weighted by Gasteiger charge is -2.28. The Labute approximate surface area is 189 Å². The van der Waals surface area contributed by atoms with E-state index < -0.39 is 6.29 Å². The molecule has 0 saturated heterocycles. The molecule has 2 aliphatic rings. The molecule has 2 aromatic carbocycles. The van der Waals surface area contributed by atoms with Crippen LogP contribution in [0, 0.1) is 5.82 Å². The van der Waals surface area contributed by atoms with Gasteiger partial charge in [-0.25, -0.2) is 4.39 Å². The number of aromatic nitrogens is 3. The van der Waals surface area contributed by atoms with Crippen molar-refractivity contribution < 1.29 is 18.7 Å². The van der Waals surface area contributed by atoms with Crippen LogP contribution >= 0.6 is 11.8 Å². The smallest absolute Gasteiger partial charge is 0.227 e. The van der Waals surface area contributed by atoms with Crippen molar-refractivity contribution in [2.75, 3.05) is 0 Å². The fraction of sp³-hybridized carbons (Fsp3) is 0.348. The van der Waals surface area contributed by atoms with Gasteiger partial charge in [0.25, 0.3) is 0 Å². The number of primary amides is 1. The maximum absolute atomic E-state index is 14.3. The summed E-state index contributed by atoms with van der Waals surface area (Å²) in [5.41, 5.74) is 7.66. The van der Waals surface area contributed by atoms with E-state index in [1.54, 1.807) is 0 Å². The molecule has 0 radical (unpaired) electrons. The summed E-state index contributed by atoms with van der Waals surface area (Å²) < 4.78 is 28.2. The number of nitrogens with two attached hydrogens (primary N) is 1. The second-order valence-electron chi connectivity index (χ2n) is 8.00. The number of thioether (sulfide) groups is 1. The molecule has 166 valence electrons. The van der Waals surface area contributed by atoms with Gasteiger partial charge in [-0.2, -0.15) is 0 Å². The molecule has 1 amide bonds. The van der Waals surface area contributed by atoms with Crippen LogP contribution in [0.1, 0.15) is 54.0 Å². The van der Waals surface area contributed by atoms with E-state index in [1.807, 2.05) is 34.9 Å². The van der Waals surface area contributed by atoms with Gasteiger partial charge in [-0.15, -0.1) is 10.2 Å². The molecule has 2 N–H and O–H groups in total. The largest absolute Gasteiger partial charge is 0.460 e. The van der Waals surface area contributed by atoms with E-state index in [-0.39, 0.29) is 24.8 Å². The molecule has 1 fully saturated rings. The summed E-state index contributed by atoms with van der Waals surface area (Å²) >= 11 is 1.45. The maximum atomic E-state index is 14.3. The molecule has 1 atom stereocenters. The minimum atomic E-state index is -0.543. The van der Waals surface area contributed by atoms with Crippen LogP contribution in [0.2, 0.25) is 0 Å². The lowest BCUT2D eigenvalue weighted by atomic mass is 10.1. The third-order valence-corrected chi connectivity index (χ3v) is 6.54. The number of amides is 1. The van der Waals surface area contributed by atoms with Crippen molar-refractivity contribution in [3.8, 4) is 5.75 Å². The normalized spacial score (nSPS) is 17.6. The van der Waals surface area contributed by atoms with Gasteiger partial charge in [0, 0.05) is 41.3 Å². The number of hydrogen-bond donors (Lipinski definition) is 1. The van der Waals surface area contributed by atoms with Crippen molar-refractivity contribution in [1.29, 1.82) is 0 Å². The molecule has 5 rings (SSSR count). The Bertz CT molecular complexity index is 1130. The maximum Gasteiger partial charge on any atom is 0.227 e. The first kappa shape index (κ1) is 21.0. The van der Waals surface area contributed by atoms with Gasteiger partial charge in [0.1, 0.15) is 17.4 Å². The van der Waals surface area contributed by atoms with E-state index in [4.69, 9.17) is 15.2 Å². The molecular weight excluding hydrogens is 431 g/mol. The summed E-state index contributed by atoms with van der Waals surface area (Å²) in [7, 11) is 0. The molecule has 0 unspecified atom stereocenters. The molecule has 3 aromatic rings. The Hall–Kier alpha value is -2.91. The molecule has 1 aliphatic heterocycles. The predicted octanol–water partition coefficient (Wildman–Crippen LogP) is 4.07. The van der Waals surface area contributed by atoms with E-state index in [2.05, 4.69) is 10.2 Å². The van der Waals surface area contributed by atoms with E-state index in [1.165, 1.54) is 23.9 Å². The monoisotopic (exact) mass is 454 g/mol. The van der Waals surface area contributed by atoms with Crippen LogP contribution in [-0.2, 0) is 28.4 Å². The SMILES string of the molecule is NC(=O)CCn1c(SCc2cc(F)cc3c2O[C@@H](c2ccccc2)OC3)nnc1C1CC1. The van der Waals surface area contributed by atoms with Crippen molar-refractivity contribution in [3.63, 3.8) is 0 Å². The van der Waals surface area contributed by atoms with Gasteiger partial charge in [-0.1, -0.05) is 42.1 Å². The summed E-state index contributed by atoms with van der Waals surface area (Å²) in [6, 6.07) is 12.6. The lowest BCUT2D eigenvalue weighted by molar-refractivity contribution is -0.118. The van der Waals surface area contributed by atoms with Gasteiger partial charge in [0.2, 0.25) is 12.2 Å². The third-order valence-electron chi connectivity index (χ3n) is 5.52. The zero-order valence-corrected chi connectivity index (χ0v) is 18.2. The molecule has 0 bridgehead atoms. The Balaban J connectivity index is 1.38. The topological polar surface area (TPSA) is 92.3 Å². The minimum Gasteiger partial charge on any atom is -0.460 e. The van der Waals surface area contributed by atoms with Crippen molar-refractivity contribution in [2.24, 2.45) is 5.73 Å². The number of halogens is 1. The van der Waals surface area contributed by atoms with Crippen LogP contribution < -0.4 is 10.5 Å². The summed E-state index contributed by atoms with van der Waals surface area (Å²) in [6.07, 6.45) is 1.83. The van der Waals surface area contributed by atoms with E-state index >= 15 is 0 Å². The Morgan fingerprint density at radius 3 is 2.78 bits per heavy atom. The van der Waals surface area contributed by atoms with Crippen LogP contribution in [0.3, 0.4) is 0 Å². The van der Waals surface area contributed by atoms with Gasteiger partial charge < -0.3 is 19.8 Å². The second kappa shape index (κ2) is 8.91. The van der Waals surface area contributed by atoms with Crippen LogP contribution in [0.5, 0.6) is 5.75 Å². The van der Waals surface area contributed by atoms with Gasteiger partial charge in [-0.3, -0.25) is 4.79 Å². The fourth-order valence-corrected chi connectivity index (χ4v) is 4.72. The average molecular weight is 455 g/mol. The average Bonchev–Trinajstić information content (AvgIpc) is 3.56.